The standard InChI is InChI=1S/C13H16N2O4S/c1-10(20(2,18)19)13(17)15-12-9-11(6-7-14-12)5-3-4-8-16/h6-7,9-10,16H,4,8H2,1-2H3,(H,14,15,17). The molecule has 0 radical (unpaired) electrons. The highest BCUT2D eigenvalue weighted by Gasteiger charge is 2.23. The molecule has 0 aromatic carbocycles. The maximum atomic E-state index is 11.7. The summed E-state index contributed by atoms with van der Waals surface area (Å²) in [6, 6.07) is 3.19. The molecule has 0 saturated heterocycles. The van der Waals surface area contributed by atoms with Crippen molar-refractivity contribution in [1.82, 2.24) is 4.98 Å². The van der Waals surface area contributed by atoms with Gasteiger partial charge in [0, 0.05) is 24.4 Å². The second kappa shape index (κ2) is 7.03. The Bertz CT molecular complexity index is 644. The van der Waals surface area contributed by atoms with Crippen LogP contribution in [0.1, 0.15) is 18.9 Å². The van der Waals surface area contributed by atoms with Gasteiger partial charge in [-0.15, -0.1) is 0 Å². The Morgan fingerprint density at radius 3 is 2.85 bits per heavy atom. The summed E-state index contributed by atoms with van der Waals surface area (Å²) in [5.41, 5.74) is 0.621. The van der Waals surface area contributed by atoms with E-state index >= 15 is 0 Å². The first-order valence-electron chi connectivity index (χ1n) is 5.90. The molecule has 1 heterocycles. The second-order valence-electron chi connectivity index (χ2n) is 4.17. The highest BCUT2D eigenvalue weighted by atomic mass is 32.2. The van der Waals surface area contributed by atoms with Gasteiger partial charge in [-0.1, -0.05) is 11.8 Å². The third-order valence-electron chi connectivity index (χ3n) is 2.49. The lowest BCUT2D eigenvalue weighted by Crippen LogP contribution is -2.32. The fourth-order valence-corrected chi connectivity index (χ4v) is 1.67. The minimum absolute atomic E-state index is 0.0203. The van der Waals surface area contributed by atoms with E-state index in [0.717, 1.165) is 6.26 Å². The van der Waals surface area contributed by atoms with Crippen LogP contribution in [0.15, 0.2) is 18.3 Å². The largest absolute Gasteiger partial charge is 0.395 e. The zero-order valence-corrected chi connectivity index (χ0v) is 12.1. The maximum Gasteiger partial charge on any atom is 0.243 e. The van der Waals surface area contributed by atoms with Gasteiger partial charge < -0.3 is 10.4 Å². The average molecular weight is 296 g/mol. The first kappa shape index (κ1) is 16.1. The van der Waals surface area contributed by atoms with E-state index in [-0.39, 0.29) is 12.4 Å². The molecule has 1 aromatic heterocycles. The maximum absolute atomic E-state index is 11.7. The van der Waals surface area contributed by atoms with Gasteiger partial charge in [-0.3, -0.25) is 4.79 Å². The Balaban J connectivity index is 2.82. The number of amides is 1. The van der Waals surface area contributed by atoms with Crippen molar-refractivity contribution < 1.29 is 18.3 Å². The molecule has 2 N–H and O–H groups in total. The van der Waals surface area contributed by atoms with Gasteiger partial charge in [0.05, 0.1) is 6.61 Å². The molecule has 1 atom stereocenters. The molecule has 108 valence electrons. The van der Waals surface area contributed by atoms with Gasteiger partial charge in [0.25, 0.3) is 0 Å². The smallest absolute Gasteiger partial charge is 0.243 e. The lowest BCUT2D eigenvalue weighted by atomic mass is 10.2. The number of hydrogen-bond acceptors (Lipinski definition) is 5. The van der Waals surface area contributed by atoms with Gasteiger partial charge in [-0.05, 0) is 19.1 Å². The van der Waals surface area contributed by atoms with E-state index in [1.54, 1.807) is 6.07 Å². The van der Waals surface area contributed by atoms with Crippen molar-refractivity contribution >= 4 is 21.6 Å². The van der Waals surface area contributed by atoms with E-state index in [2.05, 4.69) is 22.1 Å². The molecular weight excluding hydrogens is 280 g/mol. The summed E-state index contributed by atoms with van der Waals surface area (Å²) in [6.07, 6.45) is 2.82. The quantitative estimate of drug-likeness (QED) is 0.773. The zero-order chi connectivity index (χ0) is 15.2. The van der Waals surface area contributed by atoms with Gasteiger partial charge in [0.15, 0.2) is 9.84 Å². The number of aliphatic hydroxyl groups excluding tert-OH is 1. The molecule has 7 heteroatoms. The average Bonchev–Trinajstić information content (AvgIpc) is 2.37. The van der Waals surface area contributed by atoms with Crippen LogP contribution < -0.4 is 5.32 Å². The van der Waals surface area contributed by atoms with Crippen LogP contribution in [0.5, 0.6) is 0 Å². The summed E-state index contributed by atoms with van der Waals surface area (Å²) in [6.45, 7) is 1.29. The Morgan fingerprint density at radius 1 is 1.55 bits per heavy atom. The van der Waals surface area contributed by atoms with E-state index in [0.29, 0.717) is 12.0 Å². The molecule has 0 bridgehead atoms. The van der Waals surface area contributed by atoms with Crippen LogP contribution >= 0.6 is 0 Å². The molecule has 1 unspecified atom stereocenters. The Kier molecular flexibility index (Phi) is 5.67. The molecule has 0 aliphatic heterocycles. The number of carbonyl (C=O) groups is 1. The molecule has 0 aliphatic carbocycles. The summed E-state index contributed by atoms with van der Waals surface area (Å²) in [5.74, 6) is 5.14. The molecule has 0 aliphatic rings. The van der Waals surface area contributed by atoms with Crippen molar-refractivity contribution in [3.63, 3.8) is 0 Å². The molecule has 0 fully saturated rings. The van der Waals surface area contributed by atoms with Gasteiger partial charge in [0.1, 0.15) is 11.1 Å². The number of nitrogens with zero attached hydrogens (tertiary/aromatic N) is 1. The molecule has 1 amide bonds. The minimum atomic E-state index is -3.45. The highest BCUT2D eigenvalue weighted by molar-refractivity contribution is 7.92. The van der Waals surface area contributed by atoms with E-state index in [9.17, 15) is 13.2 Å². The molecule has 0 saturated carbocycles. The van der Waals surface area contributed by atoms with E-state index in [1.165, 1.54) is 19.2 Å². The van der Waals surface area contributed by atoms with Crippen LogP contribution in [-0.4, -0.2) is 42.5 Å². The predicted octanol–water partition coefficient (Wildman–Crippen LogP) is 0.187. The number of sulfone groups is 1. The van der Waals surface area contributed by atoms with Crippen molar-refractivity contribution in [1.29, 1.82) is 0 Å². The molecule has 1 rings (SSSR count). The normalized spacial score (nSPS) is 12.2. The van der Waals surface area contributed by atoms with E-state index < -0.39 is 21.0 Å². The summed E-state index contributed by atoms with van der Waals surface area (Å²) < 4.78 is 22.6. The first-order chi connectivity index (χ1) is 9.34. The molecule has 0 spiro atoms. The van der Waals surface area contributed by atoms with Crippen molar-refractivity contribution in [3.8, 4) is 11.8 Å². The number of carbonyl (C=O) groups excluding carboxylic acids is 1. The van der Waals surface area contributed by atoms with Crippen LogP contribution in [-0.2, 0) is 14.6 Å². The van der Waals surface area contributed by atoms with Gasteiger partial charge >= 0.3 is 0 Å². The Labute approximate surface area is 118 Å². The molecule has 6 nitrogen and oxygen atoms in total. The van der Waals surface area contributed by atoms with Crippen LogP contribution in [0.4, 0.5) is 5.82 Å². The lowest BCUT2D eigenvalue weighted by molar-refractivity contribution is -0.115. The summed E-state index contributed by atoms with van der Waals surface area (Å²) in [4.78, 5) is 15.7. The third kappa shape index (κ3) is 4.99. The lowest BCUT2D eigenvalue weighted by Gasteiger charge is -2.09. The van der Waals surface area contributed by atoms with Crippen molar-refractivity contribution in [2.45, 2.75) is 18.6 Å². The van der Waals surface area contributed by atoms with Gasteiger partial charge in [0.2, 0.25) is 5.91 Å². The number of aromatic nitrogens is 1. The zero-order valence-electron chi connectivity index (χ0n) is 11.3. The highest BCUT2D eigenvalue weighted by Crippen LogP contribution is 2.08. The SMILES string of the molecule is CC(C(=O)Nc1cc(C#CCCO)ccn1)S(C)(=O)=O. The van der Waals surface area contributed by atoms with Crippen LogP contribution in [0.3, 0.4) is 0 Å². The second-order valence-corrected chi connectivity index (χ2v) is 6.53. The topological polar surface area (TPSA) is 96.4 Å². The van der Waals surface area contributed by atoms with Crippen molar-refractivity contribution in [3.05, 3.63) is 23.9 Å². The van der Waals surface area contributed by atoms with Crippen molar-refractivity contribution in [2.24, 2.45) is 0 Å². The van der Waals surface area contributed by atoms with Crippen LogP contribution in [0.25, 0.3) is 0 Å². The summed E-state index contributed by atoms with van der Waals surface area (Å²) in [5, 5.41) is 9.91. The molecule has 1 aromatic rings. The molecular formula is C13H16N2O4S. The third-order valence-corrected chi connectivity index (χ3v) is 3.99. The molecule has 20 heavy (non-hydrogen) atoms. The van der Waals surface area contributed by atoms with Gasteiger partial charge in [-0.2, -0.15) is 0 Å². The number of pyridine rings is 1. The number of hydrogen-bond donors (Lipinski definition) is 2. The first-order valence-corrected chi connectivity index (χ1v) is 7.85. The number of nitrogens with one attached hydrogen (secondary N) is 1. The fourth-order valence-electron chi connectivity index (χ4n) is 1.22. The van der Waals surface area contributed by atoms with Gasteiger partial charge in [-0.25, -0.2) is 13.4 Å². The van der Waals surface area contributed by atoms with E-state index in [1.807, 2.05) is 0 Å². The van der Waals surface area contributed by atoms with E-state index in [4.69, 9.17) is 5.11 Å². The Hall–Kier alpha value is -1.91. The summed E-state index contributed by atoms with van der Waals surface area (Å²) in [7, 11) is -3.45. The number of aliphatic hydroxyl groups is 1. The van der Waals surface area contributed by atoms with Crippen molar-refractivity contribution in [2.75, 3.05) is 18.2 Å². The fraction of sp³-hybridized carbons (Fsp3) is 0.385. The minimum Gasteiger partial charge on any atom is -0.395 e. The number of rotatable bonds is 4. The number of anilines is 1. The van der Waals surface area contributed by atoms with Crippen LogP contribution in [0.2, 0.25) is 0 Å². The predicted molar refractivity (Wildman–Crippen MR) is 75.8 cm³/mol. The Morgan fingerprint density at radius 2 is 2.25 bits per heavy atom. The monoisotopic (exact) mass is 296 g/mol. The summed E-state index contributed by atoms with van der Waals surface area (Å²) >= 11 is 0. The van der Waals surface area contributed by atoms with Crippen LogP contribution in [0, 0.1) is 11.8 Å².